The van der Waals surface area contributed by atoms with Gasteiger partial charge in [0.25, 0.3) is 0 Å². The maximum Gasteiger partial charge on any atom is 0.240 e. The Kier molecular flexibility index (Phi) is 5.87. The number of benzene rings is 2. The third kappa shape index (κ3) is 4.11. The van der Waals surface area contributed by atoms with Crippen LogP contribution in [0.5, 0.6) is 5.75 Å². The summed E-state index contributed by atoms with van der Waals surface area (Å²) >= 11 is 0. The van der Waals surface area contributed by atoms with Crippen molar-refractivity contribution in [1.29, 1.82) is 0 Å². The topological polar surface area (TPSA) is 70.7 Å². The Bertz CT molecular complexity index is 840. The molecule has 2 aromatic rings. The molecule has 1 aliphatic carbocycles. The second-order valence-corrected chi connectivity index (χ2v) is 6.94. The highest BCUT2D eigenvalue weighted by molar-refractivity contribution is 6.16. The average Bonchev–Trinajstić information content (AvgIpc) is 3.52. The Morgan fingerprint density at radius 3 is 2.11 bits per heavy atom. The maximum absolute atomic E-state index is 12.8. The average molecular weight is 381 g/mol. The molecule has 28 heavy (non-hydrogen) atoms. The Labute approximate surface area is 165 Å². The highest BCUT2D eigenvalue weighted by Crippen LogP contribution is 2.47. The van der Waals surface area contributed by atoms with Gasteiger partial charge in [0.15, 0.2) is 0 Å². The molecular weight excluding hydrogens is 354 g/mol. The van der Waals surface area contributed by atoms with Crippen LogP contribution < -0.4 is 20.3 Å². The molecule has 0 aromatic heterocycles. The molecule has 0 aliphatic heterocycles. The van der Waals surface area contributed by atoms with E-state index in [4.69, 9.17) is 4.74 Å². The van der Waals surface area contributed by atoms with E-state index in [0.29, 0.717) is 30.0 Å². The standard InChI is InChI=1S/C22H27N3O3/c1-4-25(5-2)18-11-9-16(10-12-18)23-20(26)22(13-14-22)21(27)24-17-7-6-8-19(15-17)28-3/h6-12,15H,4-5,13-14H2,1-3H3,(H,23,26)(H,24,27). The van der Waals surface area contributed by atoms with Gasteiger partial charge in [-0.2, -0.15) is 0 Å². The predicted molar refractivity (Wildman–Crippen MR) is 112 cm³/mol. The number of nitrogens with one attached hydrogen (secondary N) is 2. The molecule has 6 heteroatoms. The minimum absolute atomic E-state index is 0.261. The lowest BCUT2D eigenvalue weighted by Gasteiger charge is -2.21. The van der Waals surface area contributed by atoms with Crippen molar-refractivity contribution in [2.45, 2.75) is 26.7 Å². The van der Waals surface area contributed by atoms with E-state index in [1.165, 1.54) is 0 Å². The Morgan fingerprint density at radius 2 is 1.57 bits per heavy atom. The minimum atomic E-state index is -0.999. The summed E-state index contributed by atoms with van der Waals surface area (Å²) in [4.78, 5) is 27.7. The first-order valence-corrected chi connectivity index (χ1v) is 9.64. The van der Waals surface area contributed by atoms with Crippen molar-refractivity contribution in [3.8, 4) is 5.75 Å². The van der Waals surface area contributed by atoms with Gasteiger partial charge in [0.1, 0.15) is 11.2 Å². The quantitative estimate of drug-likeness (QED) is 0.681. The van der Waals surface area contributed by atoms with Gasteiger partial charge < -0.3 is 20.3 Å². The van der Waals surface area contributed by atoms with Crippen molar-refractivity contribution >= 4 is 28.9 Å². The molecule has 148 valence electrons. The van der Waals surface area contributed by atoms with Crippen LogP contribution in [0.25, 0.3) is 0 Å². The summed E-state index contributed by atoms with van der Waals surface area (Å²) in [6, 6.07) is 14.8. The molecule has 1 fully saturated rings. The third-order valence-electron chi connectivity index (χ3n) is 5.20. The zero-order chi connectivity index (χ0) is 20.1. The van der Waals surface area contributed by atoms with Gasteiger partial charge in [0, 0.05) is 36.2 Å². The second kappa shape index (κ2) is 8.33. The molecule has 6 nitrogen and oxygen atoms in total. The molecule has 0 heterocycles. The van der Waals surface area contributed by atoms with Crippen LogP contribution in [0, 0.1) is 5.41 Å². The predicted octanol–water partition coefficient (Wildman–Crippen LogP) is 3.90. The van der Waals surface area contributed by atoms with E-state index in [-0.39, 0.29) is 11.8 Å². The molecule has 0 saturated heterocycles. The van der Waals surface area contributed by atoms with Crippen molar-refractivity contribution in [2.24, 2.45) is 5.41 Å². The first-order valence-electron chi connectivity index (χ1n) is 9.64. The van der Waals surface area contributed by atoms with Gasteiger partial charge in [-0.15, -0.1) is 0 Å². The van der Waals surface area contributed by atoms with Crippen molar-refractivity contribution < 1.29 is 14.3 Å². The monoisotopic (exact) mass is 381 g/mol. The van der Waals surface area contributed by atoms with E-state index in [1.54, 1.807) is 31.4 Å². The fourth-order valence-corrected chi connectivity index (χ4v) is 3.23. The van der Waals surface area contributed by atoms with Gasteiger partial charge in [0.2, 0.25) is 11.8 Å². The van der Waals surface area contributed by atoms with Crippen LogP contribution in [0.2, 0.25) is 0 Å². The molecule has 0 radical (unpaired) electrons. The van der Waals surface area contributed by atoms with Crippen LogP contribution in [-0.4, -0.2) is 32.0 Å². The number of carbonyl (C=O) groups is 2. The number of carbonyl (C=O) groups excluding carboxylic acids is 2. The number of nitrogens with zero attached hydrogens (tertiary/aromatic N) is 1. The number of amides is 2. The lowest BCUT2D eigenvalue weighted by Crippen LogP contribution is -2.35. The van der Waals surface area contributed by atoms with Gasteiger partial charge in [-0.1, -0.05) is 6.07 Å². The SMILES string of the molecule is CCN(CC)c1ccc(NC(=O)C2(C(=O)Nc3cccc(OC)c3)CC2)cc1. The summed E-state index contributed by atoms with van der Waals surface area (Å²) in [5, 5.41) is 5.73. The second-order valence-electron chi connectivity index (χ2n) is 6.94. The van der Waals surface area contributed by atoms with Crippen molar-refractivity contribution in [1.82, 2.24) is 0 Å². The molecule has 0 bridgehead atoms. The number of methoxy groups -OCH3 is 1. The summed E-state index contributed by atoms with van der Waals surface area (Å²) in [5.74, 6) is 0.113. The van der Waals surface area contributed by atoms with E-state index in [1.807, 2.05) is 24.3 Å². The normalized spacial score (nSPS) is 14.1. The van der Waals surface area contributed by atoms with Crippen LogP contribution in [0.3, 0.4) is 0 Å². The van der Waals surface area contributed by atoms with Crippen LogP contribution in [0.4, 0.5) is 17.1 Å². The van der Waals surface area contributed by atoms with E-state index >= 15 is 0 Å². The highest BCUT2D eigenvalue weighted by Gasteiger charge is 2.56. The molecule has 2 N–H and O–H groups in total. The number of anilines is 3. The van der Waals surface area contributed by atoms with Gasteiger partial charge in [-0.25, -0.2) is 0 Å². The lowest BCUT2D eigenvalue weighted by molar-refractivity contribution is -0.131. The number of hydrogen-bond acceptors (Lipinski definition) is 4. The van der Waals surface area contributed by atoms with Crippen molar-refractivity contribution in [3.63, 3.8) is 0 Å². The van der Waals surface area contributed by atoms with E-state index in [9.17, 15) is 9.59 Å². The Morgan fingerprint density at radius 1 is 0.964 bits per heavy atom. The molecule has 1 aliphatic rings. The molecule has 0 atom stereocenters. The van der Waals surface area contributed by atoms with E-state index in [2.05, 4.69) is 29.4 Å². The Balaban J connectivity index is 1.65. The van der Waals surface area contributed by atoms with E-state index in [0.717, 1.165) is 18.8 Å². The largest absolute Gasteiger partial charge is 0.497 e. The van der Waals surface area contributed by atoms with Crippen LogP contribution in [0.15, 0.2) is 48.5 Å². The smallest absolute Gasteiger partial charge is 0.240 e. The Hall–Kier alpha value is -3.02. The summed E-state index contributed by atoms with van der Waals surface area (Å²) in [6.07, 6.45) is 1.10. The molecule has 0 spiro atoms. The lowest BCUT2D eigenvalue weighted by atomic mass is 10.0. The molecule has 2 amide bonds. The van der Waals surface area contributed by atoms with Crippen LogP contribution in [-0.2, 0) is 9.59 Å². The number of ether oxygens (including phenoxy) is 1. The summed E-state index contributed by atoms with van der Waals surface area (Å²) in [6.45, 7) is 6.07. The third-order valence-corrected chi connectivity index (χ3v) is 5.20. The van der Waals surface area contributed by atoms with Crippen LogP contribution in [0.1, 0.15) is 26.7 Å². The highest BCUT2D eigenvalue weighted by atomic mass is 16.5. The van der Waals surface area contributed by atoms with Crippen molar-refractivity contribution in [2.75, 3.05) is 35.7 Å². The fraction of sp³-hybridized carbons (Fsp3) is 0.364. The molecule has 1 saturated carbocycles. The van der Waals surface area contributed by atoms with Gasteiger partial charge >= 0.3 is 0 Å². The maximum atomic E-state index is 12.8. The molecular formula is C22H27N3O3. The van der Waals surface area contributed by atoms with Gasteiger partial charge in [-0.3, -0.25) is 9.59 Å². The van der Waals surface area contributed by atoms with Crippen molar-refractivity contribution in [3.05, 3.63) is 48.5 Å². The molecule has 3 rings (SSSR count). The molecule has 2 aromatic carbocycles. The van der Waals surface area contributed by atoms with Crippen LogP contribution >= 0.6 is 0 Å². The zero-order valence-electron chi connectivity index (χ0n) is 16.6. The van der Waals surface area contributed by atoms with Gasteiger partial charge in [0.05, 0.1) is 7.11 Å². The number of hydrogen-bond donors (Lipinski definition) is 2. The number of rotatable bonds is 8. The molecule has 0 unspecified atom stereocenters. The first-order chi connectivity index (χ1) is 13.5. The van der Waals surface area contributed by atoms with Gasteiger partial charge in [-0.05, 0) is 63.1 Å². The van der Waals surface area contributed by atoms with E-state index < -0.39 is 5.41 Å². The first kappa shape index (κ1) is 19.7. The summed E-state index contributed by atoms with van der Waals surface area (Å²) in [5.41, 5.74) is 1.42. The minimum Gasteiger partial charge on any atom is -0.497 e. The summed E-state index contributed by atoms with van der Waals surface area (Å²) in [7, 11) is 1.57. The summed E-state index contributed by atoms with van der Waals surface area (Å²) < 4.78 is 5.17. The zero-order valence-corrected chi connectivity index (χ0v) is 16.6. The fourth-order valence-electron chi connectivity index (χ4n) is 3.23.